The molecule has 11 heteroatoms. The van der Waals surface area contributed by atoms with Crippen LogP contribution in [0, 0.1) is 22.9 Å². The number of carbonyl (C=O) groups is 1. The number of carbonyl (C=O) groups excluding carboxylic acids is 1. The smallest absolute Gasteiger partial charge is 0.322 e. The summed E-state index contributed by atoms with van der Waals surface area (Å²) >= 11 is 6.27. The standard InChI is InChI=1S/C18H21ClFN5O4/c1-10-9-24(6-7-29-10)14(15-12(19)4-3-5-13(15)20)8-21-18(26)16-17(25(27)28)11(2)22-23-16/h3-5,10,14H,6-9H2,1-2H3,(H,21,26)(H,22,23). The summed E-state index contributed by atoms with van der Waals surface area (Å²) in [6.45, 7) is 4.86. The molecule has 2 aromatic rings. The van der Waals surface area contributed by atoms with E-state index in [1.165, 1.54) is 19.1 Å². The van der Waals surface area contributed by atoms with Gasteiger partial charge in [0.05, 0.1) is 23.7 Å². The number of rotatable bonds is 6. The summed E-state index contributed by atoms with van der Waals surface area (Å²) in [4.78, 5) is 25.1. The van der Waals surface area contributed by atoms with Crippen molar-refractivity contribution in [2.45, 2.75) is 26.0 Å². The van der Waals surface area contributed by atoms with Crippen LogP contribution >= 0.6 is 11.6 Å². The Labute approximate surface area is 171 Å². The highest BCUT2D eigenvalue weighted by Gasteiger charge is 2.32. The van der Waals surface area contributed by atoms with E-state index in [1.807, 2.05) is 11.8 Å². The monoisotopic (exact) mass is 425 g/mol. The highest BCUT2D eigenvalue weighted by molar-refractivity contribution is 6.31. The molecule has 1 amide bonds. The van der Waals surface area contributed by atoms with Gasteiger partial charge < -0.3 is 10.1 Å². The molecule has 156 valence electrons. The summed E-state index contributed by atoms with van der Waals surface area (Å²) < 4.78 is 20.2. The minimum absolute atomic E-state index is 0.00469. The summed E-state index contributed by atoms with van der Waals surface area (Å²) in [5.41, 5.74) is -0.267. The van der Waals surface area contributed by atoms with Crippen molar-refractivity contribution in [3.05, 3.63) is 56.1 Å². The molecule has 1 aliphatic rings. The van der Waals surface area contributed by atoms with Crippen LogP contribution in [0.5, 0.6) is 0 Å². The number of aryl methyl sites for hydroxylation is 1. The second-order valence-corrected chi connectivity index (χ2v) is 7.25. The Hall–Kier alpha value is -2.56. The van der Waals surface area contributed by atoms with Crippen LogP contribution in [-0.2, 0) is 4.74 Å². The molecule has 0 radical (unpaired) electrons. The second kappa shape index (κ2) is 8.85. The summed E-state index contributed by atoms with van der Waals surface area (Å²) in [6, 6.07) is 3.83. The van der Waals surface area contributed by atoms with Gasteiger partial charge in [0.2, 0.25) is 5.69 Å². The van der Waals surface area contributed by atoms with Gasteiger partial charge in [-0.2, -0.15) is 5.10 Å². The number of nitro groups is 1. The summed E-state index contributed by atoms with van der Waals surface area (Å²) in [5.74, 6) is -1.21. The molecule has 2 atom stereocenters. The number of nitrogens with one attached hydrogen (secondary N) is 2. The van der Waals surface area contributed by atoms with Crippen LogP contribution in [0.1, 0.15) is 34.7 Å². The third kappa shape index (κ3) is 4.55. The van der Waals surface area contributed by atoms with Gasteiger partial charge in [-0.05, 0) is 26.0 Å². The maximum absolute atomic E-state index is 14.6. The Morgan fingerprint density at radius 2 is 2.34 bits per heavy atom. The van der Waals surface area contributed by atoms with Gasteiger partial charge in [0.1, 0.15) is 11.5 Å². The van der Waals surface area contributed by atoms with Gasteiger partial charge in [-0.25, -0.2) is 4.39 Å². The van der Waals surface area contributed by atoms with E-state index in [0.717, 1.165) is 0 Å². The first-order valence-electron chi connectivity index (χ1n) is 9.06. The van der Waals surface area contributed by atoms with Crippen LogP contribution in [0.25, 0.3) is 0 Å². The Morgan fingerprint density at radius 3 is 3.00 bits per heavy atom. The summed E-state index contributed by atoms with van der Waals surface area (Å²) in [6.07, 6.45) is -0.0671. The lowest BCUT2D eigenvalue weighted by atomic mass is 10.0. The Balaban J connectivity index is 1.86. The number of benzene rings is 1. The molecule has 3 rings (SSSR count). The Bertz CT molecular complexity index is 901. The van der Waals surface area contributed by atoms with Crippen LogP contribution in [0.3, 0.4) is 0 Å². The van der Waals surface area contributed by atoms with Crippen molar-refractivity contribution < 1.29 is 18.8 Å². The predicted molar refractivity (Wildman–Crippen MR) is 103 cm³/mol. The highest BCUT2D eigenvalue weighted by atomic mass is 35.5. The minimum atomic E-state index is -0.722. The minimum Gasteiger partial charge on any atom is -0.376 e. The molecule has 29 heavy (non-hydrogen) atoms. The molecule has 9 nitrogen and oxygen atoms in total. The lowest BCUT2D eigenvalue weighted by molar-refractivity contribution is -0.385. The number of halogens is 2. The number of amides is 1. The molecule has 1 aliphatic heterocycles. The lowest BCUT2D eigenvalue weighted by Crippen LogP contribution is -2.47. The molecular formula is C18H21ClFN5O4. The van der Waals surface area contributed by atoms with Crippen molar-refractivity contribution in [2.75, 3.05) is 26.2 Å². The van der Waals surface area contributed by atoms with E-state index in [-0.39, 0.29) is 40.3 Å². The van der Waals surface area contributed by atoms with Gasteiger partial charge in [0.15, 0.2) is 0 Å². The van der Waals surface area contributed by atoms with Crippen molar-refractivity contribution in [1.29, 1.82) is 0 Å². The van der Waals surface area contributed by atoms with Gasteiger partial charge in [0, 0.05) is 30.2 Å². The Kier molecular flexibility index (Phi) is 6.46. The highest BCUT2D eigenvalue weighted by Crippen LogP contribution is 2.31. The fraction of sp³-hybridized carbons (Fsp3) is 0.444. The molecule has 0 aliphatic carbocycles. The zero-order chi connectivity index (χ0) is 21.1. The number of aromatic nitrogens is 2. The van der Waals surface area contributed by atoms with E-state index in [2.05, 4.69) is 15.5 Å². The molecule has 1 aromatic carbocycles. The first-order valence-corrected chi connectivity index (χ1v) is 9.44. The molecule has 0 bridgehead atoms. The van der Waals surface area contributed by atoms with E-state index < -0.39 is 22.7 Å². The Morgan fingerprint density at radius 1 is 1.59 bits per heavy atom. The van der Waals surface area contributed by atoms with Crippen molar-refractivity contribution in [2.24, 2.45) is 0 Å². The van der Waals surface area contributed by atoms with Gasteiger partial charge in [0.25, 0.3) is 5.91 Å². The second-order valence-electron chi connectivity index (χ2n) is 6.84. The number of hydrogen-bond acceptors (Lipinski definition) is 6. The summed E-state index contributed by atoms with van der Waals surface area (Å²) in [7, 11) is 0. The van der Waals surface area contributed by atoms with E-state index >= 15 is 0 Å². The van der Waals surface area contributed by atoms with Crippen molar-refractivity contribution in [3.63, 3.8) is 0 Å². The number of morpholine rings is 1. The summed E-state index contributed by atoms with van der Waals surface area (Å²) in [5, 5.41) is 20.3. The van der Waals surface area contributed by atoms with Gasteiger partial charge in [-0.1, -0.05) is 17.7 Å². The predicted octanol–water partition coefficient (Wildman–Crippen LogP) is 2.61. The van der Waals surface area contributed by atoms with Gasteiger partial charge in [-0.3, -0.25) is 24.9 Å². The topological polar surface area (TPSA) is 113 Å². The van der Waals surface area contributed by atoms with Crippen LogP contribution in [0.4, 0.5) is 10.1 Å². The molecule has 1 aromatic heterocycles. The molecule has 2 N–H and O–H groups in total. The zero-order valence-electron chi connectivity index (χ0n) is 15.9. The molecule has 1 fully saturated rings. The van der Waals surface area contributed by atoms with Gasteiger partial charge >= 0.3 is 5.69 Å². The number of nitrogens with zero attached hydrogens (tertiary/aromatic N) is 3. The molecule has 0 saturated carbocycles. The van der Waals surface area contributed by atoms with Crippen molar-refractivity contribution in [3.8, 4) is 0 Å². The van der Waals surface area contributed by atoms with Crippen molar-refractivity contribution in [1.82, 2.24) is 20.4 Å². The van der Waals surface area contributed by atoms with Crippen LogP contribution in [0.15, 0.2) is 18.2 Å². The van der Waals surface area contributed by atoms with E-state index in [0.29, 0.717) is 19.7 Å². The van der Waals surface area contributed by atoms with E-state index in [9.17, 15) is 19.3 Å². The third-order valence-electron chi connectivity index (χ3n) is 4.81. The molecule has 2 unspecified atom stereocenters. The number of H-pyrrole nitrogens is 1. The number of aromatic amines is 1. The van der Waals surface area contributed by atoms with E-state index in [4.69, 9.17) is 16.3 Å². The third-order valence-corrected chi connectivity index (χ3v) is 5.14. The van der Waals surface area contributed by atoms with Crippen LogP contribution in [0.2, 0.25) is 5.02 Å². The van der Waals surface area contributed by atoms with Crippen molar-refractivity contribution >= 4 is 23.2 Å². The molecule has 0 spiro atoms. The van der Waals surface area contributed by atoms with Crippen LogP contribution < -0.4 is 5.32 Å². The average Bonchev–Trinajstić information content (AvgIpc) is 3.05. The average molecular weight is 426 g/mol. The van der Waals surface area contributed by atoms with Gasteiger partial charge in [-0.15, -0.1) is 0 Å². The van der Waals surface area contributed by atoms with E-state index in [1.54, 1.807) is 6.07 Å². The normalized spacial score (nSPS) is 18.4. The number of ether oxygens (including phenoxy) is 1. The molecule has 2 heterocycles. The molecular weight excluding hydrogens is 405 g/mol. The number of hydrogen-bond donors (Lipinski definition) is 2. The fourth-order valence-corrected chi connectivity index (χ4v) is 3.74. The first-order chi connectivity index (χ1) is 13.8. The largest absolute Gasteiger partial charge is 0.376 e. The first kappa shape index (κ1) is 21.2. The molecule has 1 saturated heterocycles. The fourth-order valence-electron chi connectivity index (χ4n) is 3.45. The quantitative estimate of drug-likeness (QED) is 0.543. The maximum atomic E-state index is 14.6. The zero-order valence-corrected chi connectivity index (χ0v) is 16.7. The lowest BCUT2D eigenvalue weighted by Gasteiger charge is -2.38. The van der Waals surface area contributed by atoms with Crippen LogP contribution in [-0.4, -0.2) is 58.3 Å². The SMILES string of the molecule is Cc1[nH]nc(C(=O)NCC(c2c(F)cccc2Cl)N2CCOC(C)C2)c1[N+](=O)[O-]. The maximum Gasteiger partial charge on any atom is 0.322 e.